The highest BCUT2D eigenvalue weighted by Gasteiger charge is 2.16. The van der Waals surface area contributed by atoms with Crippen LogP contribution < -0.4 is 10.6 Å². The molecule has 1 aromatic carbocycles. The molecule has 2 rings (SSSR count). The highest BCUT2D eigenvalue weighted by molar-refractivity contribution is 5.63. The lowest BCUT2D eigenvalue weighted by Gasteiger charge is -2.22. The Morgan fingerprint density at radius 3 is 2.57 bits per heavy atom. The van der Waals surface area contributed by atoms with Crippen molar-refractivity contribution < 1.29 is 4.92 Å². The Hall–Kier alpha value is -1.82. The first-order valence-corrected chi connectivity index (χ1v) is 7.60. The maximum atomic E-state index is 11.0. The lowest BCUT2D eigenvalue weighted by molar-refractivity contribution is -0.384. The van der Waals surface area contributed by atoms with Crippen LogP contribution in [0.5, 0.6) is 0 Å². The molecule has 1 heterocycles. The number of rotatable bonds is 7. The Kier molecular flexibility index (Phi) is 5.38. The van der Waals surface area contributed by atoms with Gasteiger partial charge in [0.15, 0.2) is 0 Å². The van der Waals surface area contributed by atoms with Crippen LogP contribution in [0.4, 0.5) is 17.1 Å². The first-order valence-electron chi connectivity index (χ1n) is 7.60. The van der Waals surface area contributed by atoms with E-state index >= 15 is 0 Å². The summed E-state index contributed by atoms with van der Waals surface area (Å²) in [5.74, 6) is 0. The largest absolute Gasteiger partial charge is 0.385 e. The number of nitro benzene ring substituents is 1. The van der Waals surface area contributed by atoms with Gasteiger partial charge in [0, 0.05) is 42.6 Å². The Labute approximate surface area is 125 Å². The zero-order valence-corrected chi connectivity index (χ0v) is 12.8. The molecule has 2 N–H and O–H groups in total. The summed E-state index contributed by atoms with van der Waals surface area (Å²) in [6, 6.07) is 5.36. The van der Waals surface area contributed by atoms with Gasteiger partial charge in [0.2, 0.25) is 0 Å². The van der Waals surface area contributed by atoms with E-state index in [1.54, 1.807) is 12.1 Å². The van der Waals surface area contributed by atoms with Crippen molar-refractivity contribution in [3.8, 4) is 0 Å². The van der Waals surface area contributed by atoms with Crippen molar-refractivity contribution in [3.63, 3.8) is 0 Å². The van der Waals surface area contributed by atoms with Gasteiger partial charge in [-0.25, -0.2) is 0 Å². The van der Waals surface area contributed by atoms with Crippen molar-refractivity contribution in [2.45, 2.75) is 32.7 Å². The summed E-state index contributed by atoms with van der Waals surface area (Å²) in [6.07, 6.45) is 2.54. The van der Waals surface area contributed by atoms with Gasteiger partial charge < -0.3 is 15.5 Å². The molecular weight excluding hydrogens is 268 g/mol. The number of anilines is 2. The van der Waals surface area contributed by atoms with Gasteiger partial charge in [-0.05, 0) is 45.8 Å². The maximum Gasteiger partial charge on any atom is 0.273 e. The Morgan fingerprint density at radius 1 is 1.29 bits per heavy atom. The van der Waals surface area contributed by atoms with Crippen LogP contribution in [-0.2, 0) is 0 Å². The van der Waals surface area contributed by atoms with Gasteiger partial charge in [-0.15, -0.1) is 0 Å². The lowest BCUT2D eigenvalue weighted by atomic mass is 10.2. The number of nitrogens with zero attached hydrogens (tertiary/aromatic N) is 2. The summed E-state index contributed by atoms with van der Waals surface area (Å²) in [5.41, 5.74) is 1.69. The monoisotopic (exact) mass is 292 g/mol. The summed E-state index contributed by atoms with van der Waals surface area (Å²) in [6.45, 7) is 8.11. The Bertz CT molecular complexity index is 487. The van der Waals surface area contributed by atoms with Gasteiger partial charge >= 0.3 is 0 Å². The van der Waals surface area contributed by atoms with Crippen LogP contribution in [0.25, 0.3) is 0 Å². The molecule has 0 radical (unpaired) electrons. The molecule has 21 heavy (non-hydrogen) atoms. The number of likely N-dealkylation sites (tertiary alicyclic amines) is 1. The minimum absolute atomic E-state index is 0.115. The van der Waals surface area contributed by atoms with Crippen LogP contribution in [0.15, 0.2) is 18.2 Å². The van der Waals surface area contributed by atoms with E-state index < -0.39 is 0 Å². The predicted octanol–water partition coefficient (Wildman–Crippen LogP) is 2.92. The number of hydrogen-bond acceptors (Lipinski definition) is 5. The molecule has 1 saturated heterocycles. The Balaban J connectivity index is 2.04. The number of nitro groups is 1. The molecule has 0 amide bonds. The summed E-state index contributed by atoms with van der Waals surface area (Å²) in [5, 5.41) is 17.5. The normalized spacial score (nSPS) is 16.7. The topological polar surface area (TPSA) is 70.4 Å². The SMILES string of the molecule is CCNc1cc(NC(C)CN2CCCC2)cc([N+](=O)[O-])c1. The highest BCUT2D eigenvalue weighted by Crippen LogP contribution is 2.25. The van der Waals surface area contributed by atoms with Crippen LogP contribution in [0.2, 0.25) is 0 Å². The quantitative estimate of drug-likeness (QED) is 0.597. The molecule has 1 aliphatic heterocycles. The van der Waals surface area contributed by atoms with Crippen molar-refractivity contribution in [2.24, 2.45) is 0 Å². The third kappa shape index (κ3) is 4.60. The third-order valence-electron chi connectivity index (χ3n) is 3.65. The number of hydrogen-bond donors (Lipinski definition) is 2. The Morgan fingerprint density at radius 2 is 1.95 bits per heavy atom. The van der Waals surface area contributed by atoms with Crippen LogP contribution in [-0.4, -0.2) is 42.0 Å². The van der Waals surface area contributed by atoms with E-state index in [1.165, 1.54) is 12.8 Å². The first-order chi connectivity index (χ1) is 10.1. The van der Waals surface area contributed by atoms with E-state index in [1.807, 2.05) is 13.0 Å². The molecular formula is C15H24N4O2. The van der Waals surface area contributed by atoms with Crippen molar-refractivity contribution in [3.05, 3.63) is 28.3 Å². The summed E-state index contributed by atoms with van der Waals surface area (Å²) in [4.78, 5) is 13.1. The molecule has 6 heteroatoms. The molecule has 116 valence electrons. The molecule has 1 aromatic rings. The highest BCUT2D eigenvalue weighted by atomic mass is 16.6. The van der Waals surface area contributed by atoms with E-state index in [-0.39, 0.29) is 16.7 Å². The summed E-state index contributed by atoms with van der Waals surface area (Å²) in [7, 11) is 0. The van der Waals surface area contributed by atoms with Gasteiger partial charge in [0.05, 0.1) is 4.92 Å². The second-order valence-corrected chi connectivity index (χ2v) is 5.61. The van der Waals surface area contributed by atoms with E-state index in [4.69, 9.17) is 0 Å². The van der Waals surface area contributed by atoms with E-state index in [0.717, 1.165) is 37.6 Å². The maximum absolute atomic E-state index is 11.0. The van der Waals surface area contributed by atoms with Gasteiger partial charge in [-0.3, -0.25) is 10.1 Å². The molecule has 0 bridgehead atoms. The fraction of sp³-hybridized carbons (Fsp3) is 0.600. The van der Waals surface area contributed by atoms with Gasteiger partial charge in [0.1, 0.15) is 0 Å². The minimum Gasteiger partial charge on any atom is -0.385 e. The fourth-order valence-electron chi connectivity index (χ4n) is 2.79. The standard InChI is InChI=1S/C15H24N4O2/c1-3-16-13-8-14(10-15(9-13)19(20)21)17-12(2)11-18-6-4-5-7-18/h8-10,12,16-17H,3-7,11H2,1-2H3. The second-order valence-electron chi connectivity index (χ2n) is 5.61. The zero-order valence-electron chi connectivity index (χ0n) is 12.8. The molecule has 1 fully saturated rings. The molecule has 1 aliphatic rings. The van der Waals surface area contributed by atoms with Crippen LogP contribution >= 0.6 is 0 Å². The first kappa shape index (κ1) is 15.6. The smallest absolute Gasteiger partial charge is 0.273 e. The van der Waals surface area contributed by atoms with E-state index in [9.17, 15) is 10.1 Å². The van der Waals surface area contributed by atoms with Crippen molar-refractivity contribution in [2.75, 3.05) is 36.8 Å². The molecule has 0 spiro atoms. The fourth-order valence-corrected chi connectivity index (χ4v) is 2.79. The van der Waals surface area contributed by atoms with E-state index in [2.05, 4.69) is 22.5 Å². The molecule has 0 saturated carbocycles. The van der Waals surface area contributed by atoms with Crippen LogP contribution in [0.1, 0.15) is 26.7 Å². The third-order valence-corrected chi connectivity index (χ3v) is 3.65. The zero-order chi connectivity index (χ0) is 15.2. The molecule has 1 unspecified atom stereocenters. The summed E-state index contributed by atoms with van der Waals surface area (Å²) < 4.78 is 0. The van der Waals surface area contributed by atoms with Gasteiger partial charge in [0.25, 0.3) is 5.69 Å². The molecule has 0 aromatic heterocycles. The predicted molar refractivity (Wildman–Crippen MR) is 86.0 cm³/mol. The van der Waals surface area contributed by atoms with E-state index in [0.29, 0.717) is 0 Å². The van der Waals surface area contributed by atoms with Gasteiger partial charge in [-0.1, -0.05) is 0 Å². The van der Waals surface area contributed by atoms with Crippen molar-refractivity contribution in [1.82, 2.24) is 4.90 Å². The number of non-ortho nitro benzene ring substituents is 1. The minimum atomic E-state index is -0.350. The number of benzene rings is 1. The number of nitrogens with one attached hydrogen (secondary N) is 2. The second kappa shape index (κ2) is 7.26. The van der Waals surface area contributed by atoms with Crippen molar-refractivity contribution in [1.29, 1.82) is 0 Å². The molecule has 0 aliphatic carbocycles. The van der Waals surface area contributed by atoms with Crippen LogP contribution in [0.3, 0.4) is 0 Å². The molecule has 1 atom stereocenters. The lowest BCUT2D eigenvalue weighted by Crippen LogP contribution is -2.32. The summed E-state index contributed by atoms with van der Waals surface area (Å²) >= 11 is 0. The van der Waals surface area contributed by atoms with Crippen LogP contribution in [0, 0.1) is 10.1 Å². The molecule has 6 nitrogen and oxygen atoms in total. The average Bonchev–Trinajstić information content (AvgIpc) is 2.91. The van der Waals surface area contributed by atoms with Crippen molar-refractivity contribution >= 4 is 17.1 Å². The van der Waals surface area contributed by atoms with Gasteiger partial charge in [-0.2, -0.15) is 0 Å². The average molecular weight is 292 g/mol.